The summed E-state index contributed by atoms with van der Waals surface area (Å²) in [5.74, 6) is -0.0740. The van der Waals surface area contributed by atoms with Gasteiger partial charge in [-0.3, -0.25) is 10.1 Å². The molecule has 0 radical (unpaired) electrons. The topological polar surface area (TPSA) is 58.8 Å². The second-order valence-electron chi connectivity index (χ2n) is 5.74. The molecule has 8 heteroatoms. The lowest BCUT2D eigenvalue weighted by molar-refractivity contribution is -0.386. The molecule has 3 rings (SSSR count). The van der Waals surface area contributed by atoms with Crippen molar-refractivity contribution >= 4 is 11.4 Å². The molecule has 2 fully saturated rings. The number of hydrogen-bond donors (Lipinski definition) is 0. The van der Waals surface area contributed by atoms with Gasteiger partial charge in [-0.15, -0.1) is 0 Å². The molecule has 0 aliphatic carbocycles. The van der Waals surface area contributed by atoms with Crippen LogP contribution < -0.4 is 9.64 Å². The molecule has 2 aliphatic rings. The van der Waals surface area contributed by atoms with Gasteiger partial charge in [0.1, 0.15) is 0 Å². The highest BCUT2D eigenvalue weighted by Gasteiger charge is 2.39. The molecule has 120 valence electrons. The van der Waals surface area contributed by atoms with Crippen molar-refractivity contribution in [2.45, 2.75) is 19.1 Å². The average molecular weight is 314 g/mol. The van der Waals surface area contributed by atoms with Crippen LogP contribution in [0.5, 0.6) is 5.75 Å². The van der Waals surface area contributed by atoms with E-state index in [0.717, 1.165) is 32.1 Å². The summed E-state index contributed by atoms with van der Waals surface area (Å²) in [5.41, 5.74) is 0.0230. The quantitative estimate of drug-likeness (QED) is 0.630. The summed E-state index contributed by atoms with van der Waals surface area (Å²) in [6.07, 6.45) is 1.08. The van der Waals surface area contributed by atoms with Crippen LogP contribution in [-0.2, 0) is 0 Å². The Bertz CT molecular complexity index is 626. The van der Waals surface area contributed by atoms with Crippen molar-refractivity contribution in [1.82, 2.24) is 4.90 Å². The second-order valence-corrected chi connectivity index (χ2v) is 5.74. The first kappa shape index (κ1) is 13.7. The minimum Gasteiger partial charge on any atom is -0.427 e. The molecule has 6 nitrogen and oxygen atoms in total. The van der Waals surface area contributed by atoms with Gasteiger partial charge in [-0.2, -0.15) is 8.78 Å². The number of likely N-dealkylation sites (tertiary alicyclic amines) is 1. The van der Waals surface area contributed by atoms with Gasteiger partial charge in [0, 0.05) is 37.0 Å². The monoisotopic (exact) mass is 314 g/mol. The third-order valence-electron chi connectivity index (χ3n) is 4.52. The molecule has 22 heavy (non-hydrogen) atoms. The van der Waals surface area contributed by atoms with Crippen LogP contribution in [-0.4, -0.2) is 49.1 Å². The maximum atomic E-state index is 12.8. The number of anilines is 1. The number of rotatable bonds is 4. The van der Waals surface area contributed by atoms with E-state index in [4.69, 9.17) is 1.37 Å². The predicted molar refractivity (Wildman–Crippen MR) is 76.5 cm³/mol. The lowest BCUT2D eigenvalue weighted by Crippen LogP contribution is -2.32. The minimum absolute atomic E-state index is 0.409. The van der Waals surface area contributed by atoms with Crippen LogP contribution in [0, 0.1) is 16.0 Å². The van der Waals surface area contributed by atoms with E-state index in [2.05, 4.69) is 16.7 Å². The molecule has 0 aromatic heterocycles. The molecular formula is C14H17F2N3O3. The van der Waals surface area contributed by atoms with Crippen molar-refractivity contribution in [1.29, 1.82) is 0 Å². The van der Waals surface area contributed by atoms with Crippen LogP contribution in [0.25, 0.3) is 0 Å². The molecule has 1 aromatic carbocycles. The Morgan fingerprint density at radius 3 is 2.91 bits per heavy atom. The third-order valence-corrected chi connectivity index (χ3v) is 4.52. The normalized spacial score (nSPS) is 26.0. The van der Waals surface area contributed by atoms with Crippen molar-refractivity contribution in [3.05, 3.63) is 28.3 Å². The Hall–Kier alpha value is -1.96. The number of fused-ring (bicyclic) bond motifs is 1. The van der Waals surface area contributed by atoms with E-state index >= 15 is 0 Å². The zero-order chi connectivity index (χ0) is 16.8. The Kier molecular flexibility index (Phi) is 3.53. The maximum absolute atomic E-state index is 12.8. The summed E-state index contributed by atoms with van der Waals surface area (Å²) in [6, 6.07) is 4.32. The number of likely N-dealkylation sites (N-methyl/N-ethyl adjacent to an activating group) is 1. The number of nitrogens with zero attached hydrogens (tertiary/aromatic N) is 3. The lowest BCUT2D eigenvalue weighted by atomic mass is 10.1. The van der Waals surface area contributed by atoms with Gasteiger partial charge in [0.05, 0.1) is 4.92 Å². The van der Waals surface area contributed by atoms with E-state index in [1.165, 1.54) is 12.1 Å². The summed E-state index contributed by atoms with van der Waals surface area (Å²) in [4.78, 5) is 14.4. The van der Waals surface area contributed by atoms with Crippen molar-refractivity contribution in [2.24, 2.45) is 5.92 Å². The SMILES string of the molecule is [2H]C(F)(F)Oc1cc(N2CC3CCN(C)C3C2)ccc1[N+](=O)[O-]. The third kappa shape index (κ3) is 2.70. The van der Waals surface area contributed by atoms with E-state index < -0.39 is 22.9 Å². The molecule has 2 heterocycles. The van der Waals surface area contributed by atoms with Gasteiger partial charge in [0.2, 0.25) is 5.75 Å². The number of nitro groups is 1. The summed E-state index contributed by atoms with van der Waals surface area (Å²) in [6.45, 7) is -1.65. The molecule has 2 unspecified atom stereocenters. The fraction of sp³-hybridized carbons (Fsp3) is 0.571. The number of hydrogen-bond acceptors (Lipinski definition) is 5. The average Bonchev–Trinajstić information content (AvgIpc) is 2.99. The molecule has 1 aromatic rings. The van der Waals surface area contributed by atoms with Crippen molar-refractivity contribution in [3.8, 4) is 5.75 Å². The Morgan fingerprint density at radius 1 is 1.50 bits per heavy atom. The highest BCUT2D eigenvalue weighted by atomic mass is 19.3. The van der Waals surface area contributed by atoms with Crippen LogP contribution in [0.3, 0.4) is 0 Å². The zero-order valence-electron chi connectivity index (χ0n) is 13.0. The second kappa shape index (κ2) is 5.68. The van der Waals surface area contributed by atoms with Crippen LogP contribution >= 0.6 is 0 Å². The number of nitro benzene ring substituents is 1. The van der Waals surface area contributed by atoms with Crippen molar-refractivity contribution < 1.29 is 19.8 Å². The molecule has 0 saturated carbocycles. The molecule has 2 atom stereocenters. The van der Waals surface area contributed by atoms with Gasteiger partial charge in [-0.05, 0) is 32.0 Å². The van der Waals surface area contributed by atoms with Crippen molar-refractivity contribution in [3.63, 3.8) is 0 Å². The highest BCUT2D eigenvalue weighted by molar-refractivity contribution is 5.60. The fourth-order valence-corrected chi connectivity index (χ4v) is 3.40. The highest BCUT2D eigenvalue weighted by Crippen LogP contribution is 2.37. The summed E-state index contributed by atoms with van der Waals surface area (Å²) in [5, 5.41) is 10.9. The smallest absolute Gasteiger partial charge is 0.387 e. The van der Waals surface area contributed by atoms with E-state index in [9.17, 15) is 18.9 Å². The fourth-order valence-electron chi connectivity index (χ4n) is 3.40. The van der Waals surface area contributed by atoms with Gasteiger partial charge in [0.25, 0.3) is 0 Å². The van der Waals surface area contributed by atoms with E-state index in [1.807, 2.05) is 4.90 Å². The van der Waals surface area contributed by atoms with Crippen LogP contribution in [0.4, 0.5) is 20.2 Å². The van der Waals surface area contributed by atoms with Crippen LogP contribution in [0.15, 0.2) is 18.2 Å². The van der Waals surface area contributed by atoms with E-state index in [-0.39, 0.29) is 0 Å². The Balaban J connectivity index is 1.86. The van der Waals surface area contributed by atoms with Gasteiger partial charge < -0.3 is 14.5 Å². The molecule has 0 amide bonds. The minimum atomic E-state index is -4.22. The number of halogens is 2. The first-order valence-electron chi connectivity index (χ1n) is 7.55. The van der Waals surface area contributed by atoms with E-state index in [1.54, 1.807) is 0 Å². The lowest BCUT2D eigenvalue weighted by Gasteiger charge is -2.22. The molecule has 2 saturated heterocycles. The van der Waals surface area contributed by atoms with Gasteiger partial charge >= 0.3 is 12.3 Å². The first-order chi connectivity index (χ1) is 10.7. The summed E-state index contributed by atoms with van der Waals surface area (Å²) in [7, 11) is 2.05. The Labute approximate surface area is 127 Å². The summed E-state index contributed by atoms with van der Waals surface area (Å²) < 4.78 is 36.3. The van der Waals surface area contributed by atoms with Crippen LogP contribution in [0.2, 0.25) is 0 Å². The van der Waals surface area contributed by atoms with Crippen molar-refractivity contribution in [2.75, 3.05) is 31.6 Å². The van der Waals surface area contributed by atoms with E-state index in [0.29, 0.717) is 17.6 Å². The molecule has 0 spiro atoms. The van der Waals surface area contributed by atoms with Crippen LogP contribution in [0.1, 0.15) is 7.79 Å². The molecule has 2 aliphatic heterocycles. The maximum Gasteiger partial charge on any atom is 0.387 e. The number of alkyl halides is 2. The number of ether oxygens (including phenoxy) is 1. The predicted octanol–water partition coefficient (Wildman–Crippen LogP) is 2.34. The first-order valence-corrected chi connectivity index (χ1v) is 7.05. The molecule has 0 bridgehead atoms. The van der Waals surface area contributed by atoms with Gasteiger partial charge in [-0.1, -0.05) is 0 Å². The number of benzene rings is 1. The largest absolute Gasteiger partial charge is 0.427 e. The zero-order valence-corrected chi connectivity index (χ0v) is 12.0. The molecule has 0 N–H and O–H groups in total. The van der Waals surface area contributed by atoms with Gasteiger partial charge in [-0.25, -0.2) is 0 Å². The standard InChI is InChI=1S/C14H17F2N3O3/c1-17-5-4-9-7-18(8-12(9)17)10-2-3-11(19(20)21)13(6-10)22-14(15)16/h2-3,6,9,12,14H,4-5,7-8H2,1H3/i14D. The molecular weight excluding hydrogens is 296 g/mol. The summed E-state index contributed by atoms with van der Waals surface area (Å²) >= 11 is 0. The van der Waals surface area contributed by atoms with Gasteiger partial charge in [0.15, 0.2) is 1.37 Å². The Morgan fingerprint density at radius 2 is 2.27 bits per heavy atom.